The third-order valence-electron chi connectivity index (χ3n) is 2.13. The summed E-state index contributed by atoms with van der Waals surface area (Å²) in [6, 6.07) is 0.273. The Bertz CT molecular complexity index is 278. The van der Waals surface area contributed by atoms with Crippen molar-refractivity contribution < 1.29 is 0 Å². The van der Waals surface area contributed by atoms with Gasteiger partial charge in [0.25, 0.3) is 0 Å². The highest BCUT2D eigenvalue weighted by atomic mass is 15.1. The van der Waals surface area contributed by atoms with Crippen LogP contribution in [0.3, 0.4) is 0 Å². The van der Waals surface area contributed by atoms with Crippen LogP contribution in [-0.2, 0) is 0 Å². The summed E-state index contributed by atoms with van der Waals surface area (Å²) >= 11 is 0. The summed E-state index contributed by atoms with van der Waals surface area (Å²) < 4.78 is 0. The van der Waals surface area contributed by atoms with Gasteiger partial charge >= 0.3 is 0 Å². The monoisotopic (exact) mass is 192 g/mol. The average molecular weight is 192 g/mol. The van der Waals surface area contributed by atoms with Crippen LogP contribution in [0.4, 0.5) is 0 Å². The second-order valence-corrected chi connectivity index (χ2v) is 3.25. The highest BCUT2D eigenvalue weighted by molar-refractivity contribution is 5.75. The Labute approximate surface area is 84.5 Å². The molecule has 0 amide bonds. The molecule has 1 heterocycles. The van der Waals surface area contributed by atoms with E-state index in [-0.39, 0.29) is 6.04 Å². The van der Waals surface area contributed by atoms with Crippen molar-refractivity contribution in [2.75, 3.05) is 7.05 Å². The van der Waals surface area contributed by atoms with E-state index in [9.17, 15) is 0 Å². The lowest BCUT2D eigenvalue weighted by molar-refractivity contribution is 0.364. The lowest BCUT2D eigenvalue weighted by atomic mass is 10.0. The number of aliphatic imine (C=N–C) groups is 2. The molecular weight excluding hydrogens is 176 g/mol. The molecule has 1 aliphatic rings. The fraction of sp³-hybridized carbons (Fsp3) is 0.400. The number of hydrogen-bond donors (Lipinski definition) is 1. The van der Waals surface area contributed by atoms with Crippen LogP contribution in [0.5, 0.6) is 0 Å². The van der Waals surface area contributed by atoms with E-state index in [1.807, 2.05) is 25.7 Å². The van der Waals surface area contributed by atoms with Crippen LogP contribution in [0.25, 0.3) is 0 Å². The van der Waals surface area contributed by atoms with Crippen molar-refractivity contribution in [2.24, 2.45) is 21.6 Å². The first-order valence-electron chi connectivity index (χ1n) is 4.57. The Morgan fingerprint density at radius 3 is 3.07 bits per heavy atom. The SMILES string of the molecule is CC(/C=N\C=C/N)C1C=NC=CN1C. The predicted molar refractivity (Wildman–Crippen MR) is 60.2 cm³/mol. The molecule has 4 heteroatoms. The molecule has 0 bridgehead atoms. The quantitative estimate of drug-likeness (QED) is 0.678. The zero-order chi connectivity index (χ0) is 10.4. The van der Waals surface area contributed by atoms with E-state index >= 15 is 0 Å². The molecule has 0 saturated carbocycles. The van der Waals surface area contributed by atoms with E-state index in [1.165, 1.54) is 6.20 Å². The van der Waals surface area contributed by atoms with Crippen LogP contribution in [0.15, 0.2) is 34.8 Å². The first kappa shape index (κ1) is 10.5. The zero-order valence-corrected chi connectivity index (χ0v) is 8.54. The molecule has 1 aliphatic heterocycles. The molecule has 0 fully saturated rings. The maximum absolute atomic E-state index is 5.18. The molecule has 2 atom stereocenters. The second kappa shape index (κ2) is 5.21. The minimum atomic E-state index is 0.273. The van der Waals surface area contributed by atoms with Crippen LogP contribution in [0, 0.1) is 5.92 Å². The Morgan fingerprint density at radius 1 is 1.64 bits per heavy atom. The first-order chi connectivity index (χ1) is 6.75. The fourth-order valence-electron chi connectivity index (χ4n) is 1.32. The topological polar surface area (TPSA) is 54.0 Å². The van der Waals surface area contributed by atoms with Gasteiger partial charge in [-0.15, -0.1) is 0 Å². The number of nitrogens with two attached hydrogens (primary N) is 1. The molecule has 0 aromatic rings. The van der Waals surface area contributed by atoms with E-state index in [2.05, 4.69) is 21.8 Å². The molecule has 0 spiro atoms. The van der Waals surface area contributed by atoms with Gasteiger partial charge in [0, 0.05) is 50.2 Å². The van der Waals surface area contributed by atoms with Crippen LogP contribution in [0.2, 0.25) is 0 Å². The van der Waals surface area contributed by atoms with E-state index in [1.54, 1.807) is 12.4 Å². The van der Waals surface area contributed by atoms with Crippen molar-refractivity contribution in [2.45, 2.75) is 13.0 Å². The molecule has 0 saturated heterocycles. The molecule has 2 N–H and O–H groups in total. The molecular formula is C10H16N4. The molecule has 1 rings (SSSR count). The van der Waals surface area contributed by atoms with Gasteiger partial charge < -0.3 is 10.6 Å². The van der Waals surface area contributed by atoms with Crippen LogP contribution in [-0.4, -0.2) is 30.4 Å². The molecule has 0 aromatic heterocycles. The minimum absolute atomic E-state index is 0.273. The average Bonchev–Trinajstić information content (AvgIpc) is 2.18. The Kier molecular flexibility index (Phi) is 3.91. The third kappa shape index (κ3) is 2.73. The van der Waals surface area contributed by atoms with Crippen molar-refractivity contribution in [3.63, 3.8) is 0 Å². The normalized spacial score (nSPS) is 23.9. The van der Waals surface area contributed by atoms with Crippen molar-refractivity contribution in [1.82, 2.24) is 4.90 Å². The smallest absolute Gasteiger partial charge is 0.0711 e. The third-order valence-corrected chi connectivity index (χ3v) is 2.13. The maximum Gasteiger partial charge on any atom is 0.0711 e. The van der Waals surface area contributed by atoms with Crippen molar-refractivity contribution >= 4 is 12.4 Å². The van der Waals surface area contributed by atoms with E-state index in [4.69, 9.17) is 5.73 Å². The Balaban J connectivity index is 2.56. The Hall–Kier alpha value is -1.58. The lowest BCUT2D eigenvalue weighted by Crippen LogP contribution is -2.36. The van der Waals surface area contributed by atoms with E-state index in [0.717, 1.165) is 0 Å². The maximum atomic E-state index is 5.18. The number of hydrogen-bond acceptors (Lipinski definition) is 4. The van der Waals surface area contributed by atoms with Gasteiger partial charge in [0.1, 0.15) is 0 Å². The van der Waals surface area contributed by atoms with Gasteiger partial charge in [0.15, 0.2) is 0 Å². The zero-order valence-electron chi connectivity index (χ0n) is 8.54. The summed E-state index contributed by atoms with van der Waals surface area (Å²) in [4.78, 5) is 10.3. The van der Waals surface area contributed by atoms with Gasteiger partial charge in [-0.25, -0.2) is 0 Å². The van der Waals surface area contributed by atoms with Gasteiger partial charge in [0.2, 0.25) is 0 Å². The summed E-state index contributed by atoms with van der Waals surface area (Å²) in [5.74, 6) is 0.310. The molecule has 4 nitrogen and oxygen atoms in total. The van der Waals surface area contributed by atoms with Gasteiger partial charge in [0.05, 0.1) is 6.04 Å². The van der Waals surface area contributed by atoms with Crippen LogP contribution >= 0.6 is 0 Å². The van der Waals surface area contributed by atoms with Gasteiger partial charge in [-0.1, -0.05) is 6.92 Å². The molecule has 2 unspecified atom stereocenters. The summed E-state index contributed by atoms with van der Waals surface area (Å²) in [6.07, 6.45) is 10.5. The van der Waals surface area contributed by atoms with E-state index in [0.29, 0.717) is 5.92 Å². The molecule has 0 aromatic carbocycles. The first-order valence-corrected chi connectivity index (χ1v) is 4.57. The number of rotatable bonds is 3. The summed E-state index contributed by atoms with van der Waals surface area (Å²) in [5, 5.41) is 0. The second-order valence-electron chi connectivity index (χ2n) is 3.25. The highest BCUT2D eigenvalue weighted by Gasteiger charge is 2.17. The minimum Gasteiger partial charge on any atom is -0.403 e. The lowest BCUT2D eigenvalue weighted by Gasteiger charge is -2.28. The van der Waals surface area contributed by atoms with Gasteiger partial charge in [-0.2, -0.15) is 0 Å². The largest absolute Gasteiger partial charge is 0.403 e. The number of nitrogens with zero attached hydrogens (tertiary/aromatic N) is 3. The van der Waals surface area contributed by atoms with Gasteiger partial charge in [-0.3, -0.25) is 9.98 Å². The standard InChI is InChI=1S/C10H16N4/c1-9(7-12-4-3-11)10-8-13-5-6-14(10)2/h3-10H,11H2,1-2H3/b4-3-,12-7-. The van der Waals surface area contributed by atoms with Crippen molar-refractivity contribution in [3.05, 3.63) is 24.8 Å². The summed E-state index contributed by atoms with van der Waals surface area (Å²) in [7, 11) is 2.02. The predicted octanol–water partition coefficient (Wildman–Crippen LogP) is 0.979. The molecule has 0 aliphatic carbocycles. The van der Waals surface area contributed by atoms with Crippen molar-refractivity contribution in [3.8, 4) is 0 Å². The van der Waals surface area contributed by atoms with Gasteiger partial charge in [-0.05, 0) is 0 Å². The highest BCUT2D eigenvalue weighted by Crippen LogP contribution is 2.09. The summed E-state index contributed by atoms with van der Waals surface area (Å²) in [6.45, 7) is 2.10. The Morgan fingerprint density at radius 2 is 2.43 bits per heavy atom. The fourth-order valence-corrected chi connectivity index (χ4v) is 1.32. The van der Waals surface area contributed by atoms with Crippen LogP contribution in [0.1, 0.15) is 6.92 Å². The van der Waals surface area contributed by atoms with Crippen molar-refractivity contribution in [1.29, 1.82) is 0 Å². The van der Waals surface area contributed by atoms with E-state index < -0.39 is 0 Å². The molecule has 0 radical (unpaired) electrons. The molecule has 14 heavy (non-hydrogen) atoms. The van der Waals surface area contributed by atoms with Crippen LogP contribution < -0.4 is 5.73 Å². The molecule has 76 valence electrons. The summed E-state index contributed by atoms with van der Waals surface area (Å²) in [5.41, 5.74) is 5.18.